The highest BCUT2D eigenvalue weighted by molar-refractivity contribution is 6.45. The summed E-state index contributed by atoms with van der Waals surface area (Å²) < 4.78 is 5.17. The number of hydrogen-bond donors (Lipinski definition) is 1. The van der Waals surface area contributed by atoms with Gasteiger partial charge in [0.15, 0.2) is 0 Å². The van der Waals surface area contributed by atoms with Crippen LogP contribution < -0.4 is 9.64 Å². The number of aliphatic hydroxyl groups excluding tert-OH is 1. The van der Waals surface area contributed by atoms with Crippen LogP contribution in [0, 0.1) is 10.1 Å². The van der Waals surface area contributed by atoms with E-state index in [1.807, 2.05) is 0 Å². The molecule has 0 spiro atoms. The van der Waals surface area contributed by atoms with Gasteiger partial charge in [-0.05, 0) is 29.8 Å². The molecule has 0 fully saturated rings. The Morgan fingerprint density at radius 2 is 1.83 bits per heavy atom. The second-order valence-corrected chi connectivity index (χ2v) is 6.32. The minimum atomic E-state index is -0.558. The van der Waals surface area contributed by atoms with E-state index < -0.39 is 16.7 Å². The molecule has 0 bridgehead atoms. The predicted molar refractivity (Wildman–Crippen MR) is 105 cm³/mol. The fourth-order valence-corrected chi connectivity index (χ4v) is 3.13. The van der Waals surface area contributed by atoms with E-state index >= 15 is 0 Å². The quantitative estimate of drug-likeness (QED) is 0.431. The van der Waals surface area contributed by atoms with Crippen LogP contribution in [0.2, 0.25) is 0 Å². The average Bonchev–Trinajstić information content (AvgIpc) is 2.98. The SMILES string of the molecule is COc1cccc(N2C(=O)C(c3ccc([N+](=O)[O-])cc3)=C(N(C)CCO)C2=O)c1. The second kappa shape index (κ2) is 8.11. The Morgan fingerprint density at radius 3 is 2.41 bits per heavy atom. The van der Waals surface area contributed by atoms with Gasteiger partial charge in [-0.15, -0.1) is 0 Å². The number of rotatable bonds is 7. The number of hydrogen-bond acceptors (Lipinski definition) is 7. The first-order valence-electron chi connectivity index (χ1n) is 8.73. The zero-order valence-electron chi connectivity index (χ0n) is 15.9. The number of amides is 2. The zero-order valence-corrected chi connectivity index (χ0v) is 15.9. The number of carbonyl (C=O) groups is 2. The summed E-state index contributed by atoms with van der Waals surface area (Å²) in [7, 11) is 3.07. The number of carbonyl (C=O) groups excluding carboxylic acids is 2. The third-order valence-electron chi connectivity index (χ3n) is 4.55. The highest BCUT2D eigenvalue weighted by Crippen LogP contribution is 2.35. The van der Waals surface area contributed by atoms with Crippen LogP contribution in [0.15, 0.2) is 54.2 Å². The molecule has 9 heteroatoms. The normalized spacial score (nSPS) is 13.8. The van der Waals surface area contributed by atoms with Crippen LogP contribution in [0.25, 0.3) is 5.57 Å². The van der Waals surface area contributed by atoms with E-state index in [-0.39, 0.29) is 30.1 Å². The van der Waals surface area contributed by atoms with Crippen molar-refractivity contribution >= 4 is 28.8 Å². The van der Waals surface area contributed by atoms with Gasteiger partial charge in [0.25, 0.3) is 17.5 Å². The summed E-state index contributed by atoms with van der Waals surface area (Å²) in [5.74, 6) is -0.624. The maximum Gasteiger partial charge on any atom is 0.282 e. The fraction of sp³-hybridized carbons (Fsp3) is 0.200. The number of nitro groups is 1. The van der Waals surface area contributed by atoms with E-state index in [4.69, 9.17) is 4.74 Å². The van der Waals surface area contributed by atoms with Crippen LogP contribution in [-0.4, -0.2) is 54.1 Å². The average molecular weight is 397 g/mol. The highest BCUT2D eigenvalue weighted by Gasteiger charge is 2.41. The summed E-state index contributed by atoms with van der Waals surface area (Å²) in [5.41, 5.74) is 0.815. The van der Waals surface area contributed by atoms with Gasteiger partial charge in [0.05, 0.1) is 29.9 Å². The smallest absolute Gasteiger partial charge is 0.282 e. The Bertz CT molecular complexity index is 1000. The molecule has 1 aliphatic rings. The van der Waals surface area contributed by atoms with Gasteiger partial charge in [0.1, 0.15) is 11.4 Å². The lowest BCUT2D eigenvalue weighted by molar-refractivity contribution is -0.384. The Labute approximate surface area is 166 Å². The maximum absolute atomic E-state index is 13.2. The molecule has 0 unspecified atom stereocenters. The van der Waals surface area contributed by atoms with Crippen LogP contribution in [0.5, 0.6) is 5.75 Å². The van der Waals surface area contributed by atoms with Gasteiger partial charge in [0.2, 0.25) is 0 Å². The molecule has 1 N–H and O–H groups in total. The first-order valence-corrected chi connectivity index (χ1v) is 8.73. The van der Waals surface area contributed by atoms with Crippen molar-refractivity contribution in [2.75, 3.05) is 32.2 Å². The molecule has 0 aromatic heterocycles. The number of non-ortho nitro benzene ring substituents is 1. The Morgan fingerprint density at radius 1 is 1.14 bits per heavy atom. The molecule has 2 aromatic rings. The number of nitrogens with zero attached hydrogens (tertiary/aromatic N) is 3. The van der Waals surface area contributed by atoms with E-state index in [1.54, 1.807) is 31.3 Å². The molecule has 29 heavy (non-hydrogen) atoms. The Hall–Kier alpha value is -3.72. The first kappa shape index (κ1) is 20.0. The first-order chi connectivity index (χ1) is 13.9. The van der Waals surface area contributed by atoms with Crippen molar-refractivity contribution < 1.29 is 24.4 Å². The van der Waals surface area contributed by atoms with E-state index in [0.717, 1.165) is 4.90 Å². The molecule has 0 radical (unpaired) electrons. The van der Waals surface area contributed by atoms with Gasteiger partial charge in [-0.25, -0.2) is 4.90 Å². The van der Waals surface area contributed by atoms with Crippen LogP contribution in [-0.2, 0) is 9.59 Å². The number of benzene rings is 2. The monoisotopic (exact) mass is 397 g/mol. The Balaban J connectivity index is 2.11. The number of imide groups is 1. The van der Waals surface area contributed by atoms with Crippen LogP contribution in [0.4, 0.5) is 11.4 Å². The van der Waals surface area contributed by atoms with Crippen LogP contribution >= 0.6 is 0 Å². The molecule has 2 amide bonds. The summed E-state index contributed by atoms with van der Waals surface area (Å²) in [4.78, 5) is 39.3. The van der Waals surface area contributed by atoms with Gasteiger partial charge in [-0.2, -0.15) is 0 Å². The fourth-order valence-electron chi connectivity index (χ4n) is 3.13. The molecule has 0 saturated carbocycles. The number of ether oxygens (including phenoxy) is 1. The molecule has 3 rings (SSSR count). The second-order valence-electron chi connectivity index (χ2n) is 6.32. The lowest BCUT2D eigenvalue weighted by Gasteiger charge is -2.20. The number of methoxy groups -OCH3 is 1. The lowest BCUT2D eigenvalue weighted by atomic mass is 10.0. The number of aliphatic hydroxyl groups is 1. The standard InChI is InChI=1S/C20H19N3O6/c1-21(10-11-24)18-17(13-6-8-14(9-7-13)23(27)28)19(25)22(20(18)26)15-4-3-5-16(12-15)29-2/h3-9,12,24H,10-11H2,1-2H3. The largest absolute Gasteiger partial charge is 0.497 e. The molecular weight excluding hydrogens is 378 g/mol. The number of nitro benzene ring substituents is 1. The van der Waals surface area contributed by atoms with Gasteiger partial charge in [-0.1, -0.05) is 6.07 Å². The van der Waals surface area contributed by atoms with E-state index in [9.17, 15) is 24.8 Å². The molecule has 0 aliphatic carbocycles. The van der Waals surface area contributed by atoms with Crippen LogP contribution in [0.1, 0.15) is 5.56 Å². The van der Waals surface area contributed by atoms with Crippen molar-refractivity contribution in [1.82, 2.24) is 4.90 Å². The molecule has 0 saturated heterocycles. The molecule has 150 valence electrons. The predicted octanol–water partition coefficient (Wildman–Crippen LogP) is 1.81. The molecule has 2 aromatic carbocycles. The Kier molecular flexibility index (Phi) is 5.60. The minimum absolute atomic E-state index is 0.112. The van der Waals surface area contributed by atoms with Gasteiger partial charge in [0, 0.05) is 31.8 Å². The van der Waals surface area contributed by atoms with Crippen molar-refractivity contribution in [3.8, 4) is 5.75 Å². The maximum atomic E-state index is 13.2. The molecular formula is C20H19N3O6. The summed E-state index contributed by atoms with van der Waals surface area (Å²) >= 11 is 0. The van der Waals surface area contributed by atoms with Crippen molar-refractivity contribution in [2.24, 2.45) is 0 Å². The van der Waals surface area contributed by atoms with Gasteiger partial charge < -0.3 is 14.7 Å². The van der Waals surface area contributed by atoms with Crippen molar-refractivity contribution in [3.05, 3.63) is 69.9 Å². The third-order valence-corrected chi connectivity index (χ3v) is 4.55. The van der Waals surface area contributed by atoms with Crippen LogP contribution in [0.3, 0.4) is 0 Å². The summed E-state index contributed by atoms with van der Waals surface area (Å²) in [6.07, 6.45) is 0. The molecule has 9 nitrogen and oxygen atoms in total. The van der Waals surface area contributed by atoms with Crippen molar-refractivity contribution in [1.29, 1.82) is 0 Å². The van der Waals surface area contributed by atoms with E-state index in [1.165, 1.54) is 36.3 Å². The zero-order chi connectivity index (χ0) is 21.1. The topological polar surface area (TPSA) is 113 Å². The van der Waals surface area contributed by atoms with Crippen molar-refractivity contribution in [2.45, 2.75) is 0 Å². The summed E-state index contributed by atoms with van der Waals surface area (Å²) in [6, 6.07) is 11.9. The van der Waals surface area contributed by atoms with Gasteiger partial charge >= 0.3 is 0 Å². The number of likely N-dealkylation sites (N-methyl/N-ethyl adjacent to an activating group) is 1. The minimum Gasteiger partial charge on any atom is -0.497 e. The summed E-state index contributed by atoms with van der Waals surface area (Å²) in [6.45, 7) is -0.0784. The number of anilines is 1. The van der Waals surface area contributed by atoms with E-state index in [2.05, 4.69) is 0 Å². The highest BCUT2D eigenvalue weighted by atomic mass is 16.6. The lowest BCUT2D eigenvalue weighted by Crippen LogP contribution is -2.34. The molecule has 1 heterocycles. The van der Waals surface area contributed by atoms with Gasteiger partial charge in [-0.3, -0.25) is 19.7 Å². The third kappa shape index (κ3) is 3.67. The van der Waals surface area contributed by atoms with Crippen molar-refractivity contribution in [3.63, 3.8) is 0 Å². The molecule has 1 aliphatic heterocycles. The summed E-state index contributed by atoms with van der Waals surface area (Å²) in [5, 5.41) is 20.2. The molecule has 0 atom stereocenters. The van der Waals surface area contributed by atoms with E-state index in [0.29, 0.717) is 17.0 Å².